The molecule has 1 atom stereocenters. The Morgan fingerprint density at radius 3 is 2.74 bits per heavy atom. The second kappa shape index (κ2) is 7.48. The molecule has 3 aromatic rings. The molecule has 0 radical (unpaired) electrons. The first-order valence-corrected chi connectivity index (χ1v) is 9.47. The van der Waals surface area contributed by atoms with Gasteiger partial charge in [0.2, 0.25) is 5.82 Å². The smallest absolute Gasteiger partial charge is 0.259 e. The number of nitrogens with zero attached hydrogens (tertiary/aromatic N) is 5. The first-order chi connectivity index (χ1) is 13.2. The molecule has 0 aliphatic carbocycles. The van der Waals surface area contributed by atoms with Crippen molar-refractivity contribution >= 4 is 5.82 Å². The summed E-state index contributed by atoms with van der Waals surface area (Å²) >= 11 is 0. The van der Waals surface area contributed by atoms with Gasteiger partial charge in [0.05, 0.1) is 5.56 Å². The number of likely N-dealkylation sites (N-methyl/N-ethyl adjacent to an activating group) is 1. The molecule has 1 aliphatic rings. The van der Waals surface area contributed by atoms with Crippen molar-refractivity contribution in [3.05, 3.63) is 48.2 Å². The van der Waals surface area contributed by atoms with Gasteiger partial charge >= 0.3 is 0 Å². The molecule has 2 aromatic heterocycles. The average molecular weight is 363 g/mol. The fourth-order valence-corrected chi connectivity index (χ4v) is 3.57. The lowest BCUT2D eigenvalue weighted by Crippen LogP contribution is -2.51. The van der Waals surface area contributed by atoms with Crippen molar-refractivity contribution in [2.75, 3.05) is 31.6 Å². The fourth-order valence-electron chi connectivity index (χ4n) is 3.57. The SMILES string of the molecule is CC[C@@H]1CN(c2ccc(-c3nc(-c4ccccc4C)no3)cn2)CCN1C. The van der Waals surface area contributed by atoms with Crippen LogP contribution in [0.5, 0.6) is 0 Å². The van der Waals surface area contributed by atoms with E-state index in [1.54, 1.807) is 0 Å². The highest BCUT2D eigenvalue weighted by Gasteiger charge is 2.23. The van der Waals surface area contributed by atoms with E-state index >= 15 is 0 Å². The minimum absolute atomic E-state index is 0.497. The van der Waals surface area contributed by atoms with Gasteiger partial charge < -0.3 is 9.42 Å². The zero-order chi connectivity index (χ0) is 18.8. The molecular weight excluding hydrogens is 338 g/mol. The number of aryl methyl sites for hydroxylation is 1. The predicted octanol–water partition coefficient (Wildman–Crippen LogP) is 3.64. The van der Waals surface area contributed by atoms with Crippen LogP contribution in [0.15, 0.2) is 47.1 Å². The van der Waals surface area contributed by atoms with Gasteiger partial charge in [0.1, 0.15) is 5.82 Å². The highest BCUT2D eigenvalue weighted by Crippen LogP contribution is 2.25. The molecule has 0 saturated carbocycles. The molecule has 0 amide bonds. The fraction of sp³-hybridized carbons (Fsp3) is 0.381. The summed E-state index contributed by atoms with van der Waals surface area (Å²) in [6.07, 6.45) is 2.97. The van der Waals surface area contributed by atoms with E-state index in [4.69, 9.17) is 4.52 Å². The van der Waals surface area contributed by atoms with Crippen molar-refractivity contribution in [3.8, 4) is 22.8 Å². The van der Waals surface area contributed by atoms with E-state index in [9.17, 15) is 0 Å². The van der Waals surface area contributed by atoms with E-state index in [0.717, 1.165) is 48.6 Å². The molecule has 27 heavy (non-hydrogen) atoms. The number of hydrogen-bond donors (Lipinski definition) is 0. The summed E-state index contributed by atoms with van der Waals surface area (Å²) in [5.74, 6) is 2.11. The number of benzene rings is 1. The van der Waals surface area contributed by atoms with Crippen molar-refractivity contribution in [1.29, 1.82) is 0 Å². The van der Waals surface area contributed by atoms with Gasteiger partial charge in [-0.2, -0.15) is 4.98 Å². The van der Waals surface area contributed by atoms with E-state index in [1.165, 1.54) is 0 Å². The third kappa shape index (κ3) is 3.57. The zero-order valence-electron chi connectivity index (χ0n) is 16.1. The topological polar surface area (TPSA) is 58.3 Å². The van der Waals surface area contributed by atoms with E-state index < -0.39 is 0 Å². The molecule has 4 rings (SSSR count). The third-order valence-corrected chi connectivity index (χ3v) is 5.38. The Morgan fingerprint density at radius 1 is 1.15 bits per heavy atom. The Balaban J connectivity index is 1.52. The van der Waals surface area contributed by atoms with Crippen LogP contribution in [-0.2, 0) is 0 Å². The van der Waals surface area contributed by atoms with Crippen LogP contribution in [0, 0.1) is 6.92 Å². The summed E-state index contributed by atoms with van der Waals surface area (Å²) in [5, 5.41) is 4.14. The van der Waals surface area contributed by atoms with Crippen LogP contribution in [0.2, 0.25) is 0 Å². The Labute approximate surface area is 159 Å². The van der Waals surface area contributed by atoms with E-state index in [2.05, 4.69) is 38.9 Å². The third-order valence-electron chi connectivity index (χ3n) is 5.38. The van der Waals surface area contributed by atoms with Gasteiger partial charge in [0.25, 0.3) is 5.89 Å². The first-order valence-electron chi connectivity index (χ1n) is 9.47. The maximum atomic E-state index is 5.47. The quantitative estimate of drug-likeness (QED) is 0.705. The molecule has 0 unspecified atom stereocenters. The molecule has 0 bridgehead atoms. The number of hydrogen-bond acceptors (Lipinski definition) is 6. The Kier molecular flexibility index (Phi) is 4.90. The molecule has 6 nitrogen and oxygen atoms in total. The maximum absolute atomic E-state index is 5.47. The van der Waals surface area contributed by atoms with Gasteiger partial charge in [-0.1, -0.05) is 36.3 Å². The van der Waals surface area contributed by atoms with Crippen molar-refractivity contribution in [3.63, 3.8) is 0 Å². The molecule has 3 heterocycles. The summed E-state index contributed by atoms with van der Waals surface area (Å²) in [6.45, 7) is 7.35. The van der Waals surface area contributed by atoms with Crippen LogP contribution in [-0.4, -0.2) is 52.7 Å². The standard InChI is InChI=1S/C21H25N5O/c1-4-17-14-26(12-11-25(17)3)19-10-9-16(13-22-19)21-23-20(24-27-21)18-8-6-5-7-15(18)2/h5-10,13,17H,4,11-12,14H2,1-3H3/t17-/m1/s1. The largest absolute Gasteiger partial charge is 0.354 e. The highest BCUT2D eigenvalue weighted by atomic mass is 16.5. The summed E-state index contributed by atoms with van der Waals surface area (Å²) in [4.78, 5) is 14.0. The second-order valence-corrected chi connectivity index (χ2v) is 7.13. The van der Waals surface area contributed by atoms with Crippen LogP contribution in [0.4, 0.5) is 5.82 Å². The Hall–Kier alpha value is -2.73. The van der Waals surface area contributed by atoms with Gasteiger partial charge in [0, 0.05) is 37.4 Å². The number of aromatic nitrogens is 3. The summed E-state index contributed by atoms with van der Waals surface area (Å²) < 4.78 is 5.47. The van der Waals surface area contributed by atoms with Crippen LogP contribution >= 0.6 is 0 Å². The van der Waals surface area contributed by atoms with E-state index in [0.29, 0.717) is 17.8 Å². The van der Waals surface area contributed by atoms with Crippen molar-refractivity contribution < 1.29 is 4.52 Å². The Bertz CT molecular complexity index is 905. The number of piperazine rings is 1. The molecular formula is C21H25N5O. The van der Waals surface area contributed by atoms with E-state index in [1.807, 2.05) is 49.5 Å². The average Bonchev–Trinajstić information content (AvgIpc) is 3.19. The van der Waals surface area contributed by atoms with Gasteiger partial charge in [-0.05, 0) is 38.1 Å². The lowest BCUT2D eigenvalue weighted by Gasteiger charge is -2.39. The van der Waals surface area contributed by atoms with Crippen molar-refractivity contribution in [1.82, 2.24) is 20.0 Å². The molecule has 1 aliphatic heterocycles. The number of pyridine rings is 1. The van der Waals surface area contributed by atoms with Crippen molar-refractivity contribution in [2.24, 2.45) is 0 Å². The molecule has 6 heteroatoms. The number of rotatable bonds is 4. The van der Waals surface area contributed by atoms with Gasteiger partial charge in [-0.25, -0.2) is 4.98 Å². The Morgan fingerprint density at radius 2 is 2.00 bits per heavy atom. The lowest BCUT2D eigenvalue weighted by molar-refractivity contribution is 0.213. The van der Waals surface area contributed by atoms with Gasteiger partial charge in [0.15, 0.2) is 0 Å². The minimum Gasteiger partial charge on any atom is -0.354 e. The van der Waals surface area contributed by atoms with Crippen LogP contribution in [0.25, 0.3) is 22.8 Å². The van der Waals surface area contributed by atoms with Gasteiger partial charge in [-0.3, -0.25) is 4.90 Å². The van der Waals surface area contributed by atoms with Crippen molar-refractivity contribution in [2.45, 2.75) is 26.3 Å². The molecule has 1 aromatic carbocycles. The van der Waals surface area contributed by atoms with Crippen LogP contribution in [0.3, 0.4) is 0 Å². The molecule has 0 spiro atoms. The summed E-state index contributed by atoms with van der Waals surface area (Å²) in [7, 11) is 2.20. The zero-order valence-corrected chi connectivity index (χ0v) is 16.1. The summed E-state index contributed by atoms with van der Waals surface area (Å²) in [6, 6.07) is 12.7. The monoisotopic (exact) mass is 363 g/mol. The second-order valence-electron chi connectivity index (χ2n) is 7.13. The van der Waals surface area contributed by atoms with Gasteiger partial charge in [-0.15, -0.1) is 0 Å². The predicted molar refractivity (Wildman–Crippen MR) is 107 cm³/mol. The molecule has 1 fully saturated rings. The molecule has 140 valence electrons. The van der Waals surface area contributed by atoms with Crippen LogP contribution < -0.4 is 4.90 Å². The molecule has 0 N–H and O–H groups in total. The normalized spacial score (nSPS) is 18.0. The maximum Gasteiger partial charge on any atom is 0.259 e. The summed E-state index contributed by atoms with van der Waals surface area (Å²) in [5.41, 5.74) is 2.95. The minimum atomic E-state index is 0.497. The van der Waals surface area contributed by atoms with Crippen LogP contribution in [0.1, 0.15) is 18.9 Å². The lowest BCUT2D eigenvalue weighted by atomic mass is 10.1. The van der Waals surface area contributed by atoms with E-state index in [-0.39, 0.29) is 0 Å². The molecule has 1 saturated heterocycles. The highest BCUT2D eigenvalue weighted by molar-refractivity contribution is 5.62. The first kappa shape index (κ1) is 17.7. The number of anilines is 1.